The van der Waals surface area contributed by atoms with Gasteiger partial charge in [-0.1, -0.05) is 0 Å². The molecule has 1 heterocycles. The summed E-state index contributed by atoms with van der Waals surface area (Å²) in [6, 6.07) is 5.90. The van der Waals surface area contributed by atoms with Crippen molar-refractivity contribution in [2.45, 2.75) is 26.4 Å². The first-order valence-corrected chi connectivity index (χ1v) is 5.83. The summed E-state index contributed by atoms with van der Waals surface area (Å²) in [5, 5.41) is 11.2. The van der Waals surface area contributed by atoms with Gasteiger partial charge in [0.25, 0.3) is 0 Å². The zero-order chi connectivity index (χ0) is 13.1. The molecule has 2 rings (SSSR count). The molecule has 0 amide bonds. The first kappa shape index (κ1) is 12.5. The topological polar surface area (TPSA) is 68.8 Å². The Labute approximate surface area is 105 Å². The lowest BCUT2D eigenvalue weighted by Crippen LogP contribution is -2.14. The lowest BCUT2D eigenvalue weighted by molar-refractivity contribution is 0.628. The summed E-state index contributed by atoms with van der Waals surface area (Å²) in [4.78, 5) is 0. The van der Waals surface area contributed by atoms with E-state index in [1.165, 1.54) is 12.1 Å². The minimum atomic E-state index is -0.270. The van der Waals surface area contributed by atoms with Crippen molar-refractivity contribution in [3.63, 3.8) is 0 Å². The highest BCUT2D eigenvalue weighted by Gasteiger charge is 2.13. The third-order valence-electron chi connectivity index (χ3n) is 2.60. The van der Waals surface area contributed by atoms with E-state index >= 15 is 0 Å². The molecule has 1 aromatic heterocycles. The second kappa shape index (κ2) is 5.14. The maximum atomic E-state index is 12.8. The molecule has 6 heteroatoms. The van der Waals surface area contributed by atoms with Crippen LogP contribution in [0.3, 0.4) is 0 Å². The number of benzene rings is 1. The molecule has 18 heavy (non-hydrogen) atoms. The van der Waals surface area contributed by atoms with E-state index in [9.17, 15) is 4.39 Å². The molecule has 0 aliphatic rings. The highest BCUT2D eigenvalue weighted by atomic mass is 19.1. The zero-order valence-corrected chi connectivity index (χ0v) is 10.4. The molecule has 96 valence electrons. The lowest BCUT2D eigenvalue weighted by atomic mass is 10.3. The van der Waals surface area contributed by atoms with Gasteiger partial charge in [-0.05, 0) is 38.1 Å². The van der Waals surface area contributed by atoms with E-state index in [0.717, 1.165) is 11.5 Å². The third-order valence-corrected chi connectivity index (χ3v) is 2.60. The molecule has 0 spiro atoms. The quantitative estimate of drug-likeness (QED) is 0.871. The van der Waals surface area contributed by atoms with Crippen LogP contribution in [0.2, 0.25) is 0 Å². The van der Waals surface area contributed by atoms with Crippen molar-refractivity contribution in [2.75, 3.05) is 5.32 Å². The van der Waals surface area contributed by atoms with Gasteiger partial charge in [0.2, 0.25) is 5.95 Å². The van der Waals surface area contributed by atoms with Crippen LogP contribution >= 0.6 is 0 Å². The highest BCUT2D eigenvalue weighted by Crippen LogP contribution is 2.18. The number of halogens is 1. The SMILES string of the molecule is CCn1c(Nc2ccc(F)cc2)nnc1[C@@H](C)N. The largest absolute Gasteiger partial charge is 0.324 e. The molecule has 1 aromatic carbocycles. The second-order valence-corrected chi connectivity index (χ2v) is 4.05. The minimum Gasteiger partial charge on any atom is -0.324 e. The van der Waals surface area contributed by atoms with Crippen molar-refractivity contribution in [3.8, 4) is 0 Å². The molecule has 0 radical (unpaired) electrons. The van der Waals surface area contributed by atoms with Crippen molar-refractivity contribution in [1.29, 1.82) is 0 Å². The number of hydrogen-bond acceptors (Lipinski definition) is 4. The fourth-order valence-corrected chi connectivity index (χ4v) is 1.72. The van der Waals surface area contributed by atoms with Gasteiger partial charge in [-0.15, -0.1) is 10.2 Å². The molecule has 5 nitrogen and oxygen atoms in total. The molecule has 0 fully saturated rings. The van der Waals surface area contributed by atoms with Crippen LogP contribution in [-0.2, 0) is 6.54 Å². The van der Waals surface area contributed by atoms with Gasteiger partial charge in [-0.2, -0.15) is 0 Å². The van der Waals surface area contributed by atoms with Gasteiger partial charge in [-0.25, -0.2) is 4.39 Å². The first-order chi connectivity index (χ1) is 8.61. The molecular weight excluding hydrogens is 233 g/mol. The second-order valence-electron chi connectivity index (χ2n) is 4.05. The Morgan fingerprint density at radius 1 is 1.33 bits per heavy atom. The van der Waals surface area contributed by atoms with E-state index in [1.54, 1.807) is 12.1 Å². The van der Waals surface area contributed by atoms with E-state index in [0.29, 0.717) is 12.5 Å². The van der Waals surface area contributed by atoms with Crippen molar-refractivity contribution in [1.82, 2.24) is 14.8 Å². The monoisotopic (exact) mass is 249 g/mol. The number of anilines is 2. The highest BCUT2D eigenvalue weighted by molar-refractivity contribution is 5.53. The summed E-state index contributed by atoms with van der Waals surface area (Å²) in [6.07, 6.45) is 0. The fraction of sp³-hybridized carbons (Fsp3) is 0.333. The smallest absolute Gasteiger partial charge is 0.229 e. The molecule has 0 saturated carbocycles. The van der Waals surface area contributed by atoms with E-state index in [1.807, 2.05) is 18.4 Å². The standard InChI is InChI=1S/C12H16FN5/c1-3-18-11(8(2)14)16-17-12(18)15-10-6-4-9(13)5-7-10/h4-8H,3,14H2,1-2H3,(H,15,17)/t8-/m1/s1. The van der Waals surface area contributed by atoms with E-state index in [2.05, 4.69) is 15.5 Å². The summed E-state index contributed by atoms with van der Waals surface area (Å²) < 4.78 is 14.7. The summed E-state index contributed by atoms with van der Waals surface area (Å²) in [5.74, 6) is 1.06. The number of rotatable bonds is 4. The predicted molar refractivity (Wildman–Crippen MR) is 68.0 cm³/mol. The Morgan fingerprint density at radius 2 is 2.00 bits per heavy atom. The molecule has 1 atom stereocenters. The summed E-state index contributed by atoms with van der Waals surface area (Å²) in [7, 11) is 0. The van der Waals surface area contributed by atoms with Crippen molar-refractivity contribution < 1.29 is 4.39 Å². The number of nitrogens with one attached hydrogen (secondary N) is 1. The predicted octanol–water partition coefficient (Wildman–Crippen LogP) is 2.20. The lowest BCUT2D eigenvalue weighted by Gasteiger charge is -2.10. The Balaban J connectivity index is 2.26. The van der Waals surface area contributed by atoms with Crippen LogP contribution in [0.15, 0.2) is 24.3 Å². The summed E-state index contributed by atoms with van der Waals surface area (Å²) in [5.41, 5.74) is 6.57. The molecule has 2 aromatic rings. The molecular formula is C12H16FN5. The van der Waals surface area contributed by atoms with Crippen LogP contribution in [0.4, 0.5) is 16.0 Å². The summed E-state index contributed by atoms with van der Waals surface area (Å²) >= 11 is 0. The van der Waals surface area contributed by atoms with Crippen molar-refractivity contribution >= 4 is 11.6 Å². The van der Waals surface area contributed by atoms with Crippen LogP contribution in [0.5, 0.6) is 0 Å². The van der Waals surface area contributed by atoms with Crippen LogP contribution in [0.1, 0.15) is 25.7 Å². The number of nitrogens with two attached hydrogens (primary N) is 1. The van der Waals surface area contributed by atoms with E-state index < -0.39 is 0 Å². The van der Waals surface area contributed by atoms with Gasteiger partial charge < -0.3 is 11.1 Å². The Morgan fingerprint density at radius 3 is 2.56 bits per heavy atom. The Bertz CT molecular complexity index is 518. The molecule has 0 saturated heterocycles. The molecule has 3 N–H and O–H groups in total. The number of nitrogens with zero attached hydrogens (tertiary/aromatic N) is 3. The molecule has 0 unspecified atom stereocenters. The van der Waals surface area contributed by atoms with Crippen LogP contribution in [-0.4, -0.2) is 14.8 Å². The third kappa shape index (κ3) is 2.48. The van der Waals surface area contributed by atoms with Gasteiger partial charge in [0, 0.05) is 12.2 Å². The van der Waals surface area contributed by atoms with Crippen LogP contribution in [0.25, 0.3) is 0 Å². The van der Waals surface area contributed by atoms with E-state index in [4.69, 9.17) is 5.73 Å². The zero-order valence-electron chi connectivity index (χ0n) is 10.4. The van der Waals surface area contributed by atoms with Gasteiger partial charge in [0.1, 0.15) is 5.82 Å². The molecule has 0 aliphatic heterocycles. The molecule has 0 bridgehead atoms. The van der Waals surface area contributed by atoms with E-state index in [-0.39, 0.29) is 11.9 Å². The van der Waals surface area contributed by atoms with Gasteiger partial charge in [0.15, 0.2) is 5.82 Å². The van der Waals surface area contributed by atoms with Crippen molar-refractivity contribution in [2.24, 2.45) is 5.73 Å². The molecule has 0 aliphatic carbocycles. The average molecular weight is 249 g/mol. The summed E-state index contributed by atoms with van der Waals surface area (Å²) in [6.45, 7) is 4.57. The van der Waals surface area contributed by atoms with Crippen LogP contribution in [0, 0.1) is 5.82 Å². The van der Waals surface area contributed by atoms with Gasteiger partial charge in [0.05, 0.1) is 6.04 Å². The Hall–Kier alpha value is -1.95. The number of aromatic nitrogens is 3. The van der Waals surface area contributed by atoms with Gasteiger partial charge >= 0.3 is 0 Å². The van der Waals surface area contributed by atoms with Gasteiger partial charge in [-0.3, -0.25) is 4.57 Å². The first-order valence-electron chi connectivity index (χ1n) is 5.83. The van der Waals surface area contributed by atoms with Crippen LogP contribution < -0.4 is 11.1 Å². The maximum Gasteiger partial charge on any atom is 0.229 e. The van der Waals surface area contributed by atoms with Crippen molar-refractivity contribution in [3.05, 3.63) is 35.9 Å². The maximum absolute atomic E-state index is 12.8. The average Bonchev–Trinajstić information content (AvgIpc) is 2.75. The normalized spacial score (nSPS) is 12.4. The minimum absolute atomic E-state index is 0.179. The number of hydrogen-bond donors (Lipinski definition) is 2. The Kier molecular flexibility index (Phi) is 3.57. The fourth-order valence-electron chi connectivity index (χ4n) is 1.72.